The van der Waals surface area contributed by atoms with Gasteiger partial charge in [0.05, 0.1) is 7.11 Å². The highest BCUT2D eigenvalue weighted by Crippen LogP contribution is 2.26. The van der Waals surface area contributed by atoms with Crippen molar-refractivity contribution < 1.29 is 23.5 Å². The summed E-state index contributed by atoms with van der Waals surface area (Å²) in [7, 11) is 1.52. The molecule has 1 atom stereocenters. The van der Waals surface area contributed by atoms with Gasteiger partial charge in [0, 0.05) is 24.1 Å². The lowest BCUT2D eigenvalue weighted by Gasteiger charge is -2.33. The number of nitrogens with one attached hydrogen (secondary N) is 1. The van der Waals surface area contributed by atoms with E-state index in [9.17, 15) is 14.0 Å². The number of methoxy groups -OCH3 is 1. The molecule has 0 saturated carbocycles. The van der Waals surface area contributed by atoms with Gasteiger partial charge in [0.15, 0.2) is 18.1 Å². The van der Waals surface area contributed by atoms with Crippen LogP contribution < -0.4 is 14.8 Å². The van der Waals surface area contributed by atoms with Crippen LogP contribution >= 0.6 is 0 Å². The second-order valence-electron chi connectivity index (χ2n) is 9.50. The van der Waals surface area contributed by atoms with Crippen molar-refractivity contribution in [1.29, 1.82) is 0 Å². The third-order valence-electron chi connectivity index (χ3n) is 5.49. The summed E-state index contributed by atoms with van der Waals surface area (Å²) in [5, 5.41) is 2.98. The van der Waals surface area contributed by atoms with Gasteiger partial charge in [0.25, 0.3) is 5.91 Å². The zero-order valence-corrected chi connectivity index (χ0v) is 21.2. The van der Waals surface area contributed by atoms with Gasteiger partial charge < -0.3 is 19.7 Å². The SMILES string of the molecule is COc1ccccc1OCC(=O)N(Cc1ccccc1F)[C@H](Cc1ccccc1)C(=O)NC(C)(C)C. The van der Waals surface area contributed by atoms with Crippen LogP contribution in [-0.4, -0.2) is 42.0 Å². The van der Waals surface area contributed by atoms with E-state index < -0.39 is 23.3 Å². The maximum absolute atomic E-state index is 14.6. The van der Waals surface area contributed by atoms with Crippen LogP contribution in [0, 0.1) is 5.82 Å². The number of benzene rings is 3. The summed E-state index contributed by atoms with van der Waals surface area (Å²) in [5.74, 6) is -0.340. The molecule has 0 heterocycles. The van der Waals surface area contributed by atoms with Crippen LogP contribution in [0.3, 0.4) is 0 Å². The summed E-state index contributed by atoms with van der Waals surface area (Å²) in [5.41, 5.74) is 0.667. The van der Waals surface area contributed by atoms with E-state index in [2.05, 4.69) is 5.32 Å². The first kappa shape index (κ1) is 26.7. The lowest BCUT2D eigenvalue weighted by atomic mass is 10.0. The van der Waals surface area contributed by atoms with E-state index in [1.165, 1.54) is 18.1 Å². The zero-order chi connectivity index (χ0) is 26.1. The number of halogens is 1. The summed E-state index contributed by atoms with van der Waals surface area (Å²) in [6.45, 7) is 5.19. The summed E-state index contributed by atoms with van der Waals surface area (Å²) in [6.07, 6.45) is 0.262. The molecule has 3 rings (SSSR count). The highest BCUT2D eigenvalue weighted by molar-refractivity contribution is 5.89. The maximum atomic E-state index is 14.6. The predicted molar refractivity (Wildman–Crippen MR) is 137 cm³/mol. The molecular formula is C29H33FN2O4. The number of carbonyl (C=O) groups excluding carboxylic acids is 2. The molecule has 0 aliphatic carbocycles. The second-order valence-corrected chi connectivity index (χ2v) is 9.50. The van der Waals surface area contributed by atoms with Crippen molar-refractivity contribution in [2.24, 2.45) is 0 Å². The van der Waals surface area contributed by atoms with E-state index in [-0.39, 0.29) is 25.5 Å². The Labute approximate surface area is 212 Å². The van der Waals surface area contributed by atoms with Crippen molar-refractivity contribution in [3.05, 3.63) is 95.8 Å². The van der Waals surface area contributed by atoms with E-state index in [4.69, 9.17) is 9.47 Å². The highest BCUT2D eigenvalue weighted by atomic mass is 19.1. The van der Waals surface area contributed by atoms with Crippen LogP contribution in [0.2, 0.25) is 0 Å². The smallest absolute Gasteiger partial charge is 0.261 e. The zero-order valence-electron chi connectivity index (χ0n) is 21.2. The molecule has 6 nitrogen and oxygen atoms in total. The molecule has 0 saturated heterocycles. The first-order valence-electron chi connectivity index (χ1n) is 11.8. The van der Waals surface area contributed by atoms with Gasteiger partial charge in [-0.25, -0.2) is 4.39 Å². The molecule has 0 bridgehead atoms. The van der Waals surface area contributed by atoms with E-state index in [1.807, 2.05) is 51.1 Å². The summed E-state index contributed by atoms with van der Waals surface area (Å²) < 4.78 is 25.7. The standard InChI is InChI=1S/C29H33FN2O4/c1-29(2,3)31-28(34)24(18-21-12-6-5-7-13-21)32(19-22-14-8-9-15-23(22)30)27(33)20-36-26-17-11-10-16-25(26)35-4/h5-17,24H,18-20H2,1-4H3,(H,31,34)/t24-/m1/s1. The average Bonchev–Trinajstić information content (AvgIpc) is 2.85. The van der Waals surface area contributed by atoms with Crippen LogP contribution in [0.4, 0.5) is 4.39 Å². The summed E-state index contributed by atoms with van der Waals surface area (Å²) >= 11 is 0. The van der Waals surface area contributed by atoms with E-state index in [1.54, 1.807) is 42.5 Å². The Kier molecular flexibility index (Phi) is 9.06. The fourth-order valence-corrected chi connectivity index (χ4v) is 3.78. The van der Waals surface area contributed by atoms with Crippen molar-refractivity contribution in [1.82, 2.24) is 10.2 Å². The number of hydrogen-bond acceptors (Lipinski definition) is 4. The molecule has 190 valence electrons. The van der Waals surface area contributed by atoms with Gasteiger partial charge in [-0.3, -0.25) is 9.59 Å². The molecule has 0 spiro atoms. The molecule has 3 aromatic carbocycles. The number of rotatable bonds is 10. The van der Waals surface area contributed by atoms with Crippen molar-refractivity contribution in [3.8, 4) is 11.5 Å². The Hall–Kier alpha value is -3.87. The minimum atomic E-state index is -0.889. The van der Waals surface area contributed by atoms with Crippen molar-refractivity contribution in [3.63, 3.8) is 0 Å². The van der Waals surface area contributed by atoms with Crippen LogP contribution in [0.1, 0.15) is 31.9 Å². The van der Waals surface area contributed by atoms with E-state index >= 15 is 0 Å². The molecule has 0 aromatic heterocycles. The lowest BCUT2D eigenvalue weighted by Crippen LogP contribution is -2.55. The minimum absolute atomic E-state index is 0.0874. The lowest BCUT2D eigenvalue weighted by molar-refractivity contribution is -0.143. The van der Waals surface area contributed by atoms with Gasteiger partial charge in [-0.15, -0.1) is 0 Å². The van der Waals surface area contributed by atoms with Crippen LogP contribution in [0.5, 0.6) is 11.5 Å². The Bertz CT molecular complexity index is 1160. The Morgan fingerprint density at radius 3 is 2.17 bits per heavy atom. The number of amides is 2. The number of carbonyl (C=O) groups is 2. The molecule has 2 amide bonds. The van der Waals surface area contributed by atoms with Crippen molar-refractivity contribution in [2.75, 3.05) is 13.7 Å². The van der Waals surface area contributed by atoms with Crippen LogP contribution in [0.15, 0.2) is 78.9 Å². The molecular weight excluding hydrogens is 459 g/mol. The minimum Gasteiger partial charge on any atom is -0.493 e. The first-order valence-corrected chi connectivity index (χ1v) is 11.8. The molecule has 1 N–H and O–H groups in total. The Morgan fingerprint density at radius 2 is 1.53 bits per heavy atom. The quantitative estimate of drug-likeness (QED) is 0.443. The highest BCUT2D eigenvalue weighted by Gasteiger charge is 2.33. The molecule has 0 unspecified atom stereocenters. The van der Waals surface area contributed by atoms with Crippen LogP contribution in [0.25, 0.3) is 0 Å². The first-order chi connectivity index (χ1) is 17.2. The maximum Gasteiger partial charge on any atom is 0.261 e. The number of nitrogens with zero attached hydrogens (tertiary/aromatic N) is 1. The number of ether oxygens (including phenoxy) is 2. The van der Waals surface area contributed by atoms with E-state index in [0.29, 0.717) is 17.1 Å². The monoisotopic (exact) mass is 492 g/mol. The molecule has 0 aliphatic heterocycles. The van der Waals surface area contributed by atoms with Gasteiger partial charge >= 0.3 is 0 Å². The van der Waals surface area contributed by atoms with E-state index in [0.717, 1.165) is 5.56 Å². The van der Waals surface area contributed by atoms with Crippen molar-refractivity contribution >= 4 is 11.8 Å². The summed E-state index contributed by atoms with van der Waals surface area (Å²) in [4.78, 5) is 28.5. The summed E-state index contributed by atoms with van der Waals surface area (Å²) in [6, 6.07) is 21.8. The number of hydrogen-bond donors (Lipinski definition) is 1. The van der Waals surface area contributed by atoms with Crippen molar-refractivity contribution in [2.45, 2.75) is 45.3 Å². The molecule has 3 aromatic rings. The molecule has 0 aliphatic rings. The normalized spacial score (nSPS) is 11.9. The predicted octanol–water partition coefficient (Wildman–Crippen LogP) is 4.77. The molecule has 0 fully saturated rings. The third kappa shape index (κ3) is 7.57. The fraction of sp³-hybridized carbons (Fsp3) is 0.310. The number of para-hydroxylation sites is 2. The second kappa shape index (κ2) is 12.2. The van der Waals surface area contributed by atoms with Gasteiger partial charge in [0.2, 0.25) is 5.91 Å². The van der Waals surface area contributed by atoms with Gasteiger partial charge in [-0.2, -0.15) is 0 Å². The van der Waals surface area contributed by atoms with Gasteiger partial charge in [-0.1, -0.05) is 60.7 Å². The molecule has 0 radical (unpaired) electrons. The fourth-order valence-electron chi connectivity index (χ4n) is 3.78. The Balaban J connectivity index is 1.95. The third-order valence-corrected chi connectivity index (χ3v) is 5.49. The molecule has 36 heavy (non-hydrogen) atoms. The van der Waals surface area contributed by atoms with Crippen LogP contribution in [-0.2, 0) is 22.6 Å². The average molecular weight is 493 g/mol. The topological polar surface area (TPSA) is 67.9 Å². The van der Waals surface area contributed by atoms with Gasteiger partial charge in [-0.05, 0) is 44.5 Å². The Morgan fingerprint density at radius 1 is 0.917 bits per heavy atom. The molecule has 7 heteroatoms. The van der Waals surface area contributed by atoms with Gasteiger partial charge in [0.1, 0.15) is 11.9 Å². The largest absolute Gasteiger partial charge is 0.493 e.